The molecule has 114 valence electrons. The van der Waals surface area contributed by atoms with Crippen LogP contribution in [0.3, 0.4) is 0 Å². The van der Waals surface area contributed by atoms with Gasteiger partial charge in [0.25, 0.3) is 0 Å². The van der Waals surface area contributed by atoms with E-state index in [1.165, 1.54) is 11.1 Å². The van der Waals surface area contributed by atoms with Crippen molar-refractivity contribution in [3.05, 3.63) is 29.3 Å². The third-order valence-corrected chi connectivity index (χ3v) is 3.24. The molecule has 0 bridgehead atoms. The molecular formula is C16H27ClN2O. The van der Waals surface area contributed by atoms with E-state index in [0.29, 0.717) is 24.8 Å². The lowest BCUT2D eigenvalue weighted by molar-refractivity contribution is -0.116. The van der Waals surface area contributed by atoms with Crippen LogP contribution in [0.15, 0.2) is 18.2 Å². The van der Waals surface area contributed by atoms with E-state index >= 15 is 0 Å². The summed E-state index contributed by atoms with van der Waals surface area (Å²) in [5, 5.41) is 6.10. The molecule has 0 saturated carbocycles. The van der Waals surface area contributed by atoms with Crippen LogP contribution in [0, 0.1) is 0 Å². The summed E-state index contributed by atoms with van der Waals surface area (Å²) >= 11 is 0. The van der Waals surface area contributed by atoms with E-state index in [0.717, 1.165) is 5.69 Å². The molecule has 0 aromatic heterocycles. The van der Waals surface area contributed by atoms with E-state index in [1.54, 1.807) is 0 Å². The minimum atomic E-state index is 0. The van der Waals surface area contributed by atoms with Gasteiger partial charge in [0.2, 0.25) is 5.91 Å². The van der Waals surface area contributed by atoms with Crippen molar-refractivity contribution in [3.8, 4) is 0 Å². The molecule has 4 heteroatoms. The van der Waals surface area contributed by atoms with Crippen molar-refractivity contribution in [2.75, 3.05) is 18.9 Å². The number of rotatable bonds is 6. The fourth-order valence-electron chi connectivity index (χ4n) is 2.14. The number of para-hydroxylation sites is 1. The Hall–Kier alpha value is -1.06. The van der Waals surface area contributed by atoms with E-state index in [2.05, 4.69) is 56.5 Å². The largest absolute Gasteiger partial charge is 0.326 e. The Morgan fingerprint density at radius 2 is 1.60 bits per heavy atom. The van der Waals surface area contributed by atoms with Gasteiger partial charge in [-0.3, -0.25) is 4.79 Å². The van der Waals surface area contributed by atoms with Crippen LogP contribution < -0.4 is 10.6 Å². The van der Waals surface area contributed by atoms with Gasteiger partial charge in [-0.15, -0.1) is 12.4 Å². The normalized spacial score (nSPS) is 10.6. The molecule has 0 unspecified atom stereocenters. The van der Waals surface area contributed by atoms with Gasteiger partial charge in [0.15, 0.2) is 0 Å². The van der Waals surface area contributed by atoms with Crippen molar-refractivity contribution < 1.29 is 4.79 Å². The van der Waals surface area contributed by atoms with Gasteiger partial charge in [0.1, 0.15) is 0 Å². The lowest BCUT2D eigenvalue weighted by Crippen LogP contribution is -2.20. The zero-order chi connectivity index (χ0) is 14.4. The Bertz CT molecular complexity index is 404. The second-order valence-corrected chi connectivity index (χ2v) is 5.52. The van der Waals surface area contributed by atoms with Crippen molar-refractivity contribution in [1.29, 1.82) is 0 Å². The molecule has 2 N–H and O–H groups in total. The summed E-state index contributed by atoms with van der Waals surface area (Å²) in [6, 6.07) is 6.28. The number of hydrogen-bond acceptors (Lipinski definition) is 2. The summed E-state index contributed by atoms with van der Waals surface area (Å²) in [7, 11) is 1.86. The molecule has 0 radical (unpaired) electrons. The number of nitrogens with one attached hydrogen (secondary N) is 2. The number of carbonyl (C=O) groups is 1. The predicted octanol–water partition coefficient (Wildman–Crippen LogP) is 3.90. The number of hydrogen-bond donors (Lipinski definition) is 2. The van der Waals surface area contributed by atoms with Gasteiger partial charge in [-0.1, -0.05) is 45.9 Å². The van der Waals surface area contributed by atoms with Crippen LogP contribution in [0.4, 0.5) is 5.69 Å². The van der Waals surface area contributed by atoms with Gasteiger partial charge in [0.05, 0.1) is 0 Å². The Labute approximate surface area is 128 Å². The monoisotopic (exact) mass is 298 g/mol. The summed E-state index contributed by atoms with van der Waals surface area (Å²) in [5.41, 5.74) is 3.43. The van der Waals surface area contributed by atoms with Gasteiger partial charge >= 0.3 is 0 Å². The minimum absolute atomic E-state index is 0. The van der Waals surface area contributed by atoms with Crippen LogP contribution in [0.2, 0.25) is 0 Å². The molecule has 0 aliphatic carbocycles. The number of amides is 1. The second kappa shape index (κ2) is 8.98. The van der Waals surface area contributed by atoms with Crippen LogP contribution in [0.5, 0.6) is 0 Å². The van der Waals surface area contributed by atoms with E-state index < -0.39 is 0 Å². The van der Waals surface area contributed by atoms with E-state index in [4.69, 9.17) is 0 Å². The second-order valence-electron chi connectivity index (χ2n) is 5.52. The Kier molecular flexibility index (Phi) is 8.51. The molecule has 0 aliphatic rings. The zero-order valence-electron chi connectivity index (χ0n) is 13.1. The fraction of sp³-hybridized carbons (Fsp3) is 0.562. The lowest BCUT2D eigenvalue weighted by atomic mass is 9.92. The molecule has 20 heavy (non-hydrogen) atoms. The topological polar surface area (TPSA) is 41.1 Å². The van der Waals surface area contributed by atoms with E-state index in [1.807, 2.05) is 7.05 Å². The molecule has 1 rings (SSSR count). The molecule has 1 aromatic rings. The van der Waals surface area contributed by atoms with Crippen molar-refractivity contribution in [1.82, 2.24) is 5.32 Å². The summed E-state index contributed by atoms with van der Waals surface area (Å²) < 4.78 is 0. The Balaban J connectivity index is 0.00000361. The summed E-state index contributed by atoms with van der Waals surface area (Å²) in [4.78, 5) is 12.0. The van der Waals surface area contributed by atoms with Crippen molar-refractivity contribution in [3.63, 3.8) is 0 Å². The Morgan fingerprint density at radius 1 is 1.10 bits per heavy atom. The van der Waals surface area contributed by atoms with E-state index in [-0.39, 0.29) is 18.3 Å². The molecule has 0 saturated heterocycles. The molecule has 0 aliphatic heterocycles. The highest BCUT2D eigenvalue weighted by molar-refractivity contribution is 5.92. The van der Waals surface area contributed by atoms with Crippen LogP contribution in [0.25, 0.3) is 0 Å². The first-order valence-electron chi connectivity index (χ1n) is 7.04. The van der Waals surface area contributed by atoms with Gasteiger partial charge in [0, 0.05) is 18.7 Å². The molecule has 3 nitrogen and oxygen atoms in total. The maximum Gasteiger partial charge on any atom is 0.225 e. The van der Waals surface area contributed by atoms with Crippen molar-refractivity contribution >= 4 is 24.0 Å². The standard InChI is InChI=1S/C16H26N2O.ClH/c1-11(2)13-7-6-8-14(12(3)4)16(13)18-15(19)9-10-17-5;/h6-8,11-12,17H,9-10H2,1-5H3,(H,18,19);1H. The molecular weight excluding hydrogens is 272 g/mol. The number of carbonyl (C=O) groups excluding carboxylic acids is 1. The maximum absolute atomic E-state index is 12.0. The first kappa shape index (κ1) is 18.9. The zero-order valence-corrected chi connectivity index (χ0v) is 13.9. The molecule has 0 spiro atoms. The van der Waals surface area contributed by atoms with E-state index in [9.17, 15) is 4.79 Å². The number of halogens is 1. The summed E-state index contributed by atoms with van der Waals surface area (Å²) in [5.74, 6) is 0.876. The Morgan fingerprint density at radius 3 is 2.00 bits per heavy atom. The van der Waals surface area contributed by atoms with Gasteiger partial charge in [-0.2, -0.15) is 0 Å². The molecule has 0 fully saturated rings. The highest BCUT2D eigenvalue weighted by Gasteiger charge is 2.15. The van der Waals surface area contributed by atoms with Crippen LogP contribution in [-0.2, 0) is 4.79 Å². The average molecular weight is 299 g/mol. The van der Waals surface area contributed by atoms with Crippen LogP contribution in [-0.4, -0.2) is 19.5 Å². The van der Waals surface area contributed by atoms with Crippen LogP contribution in [0.1, 0.15) is 57.1 Å². The number of benzene rings is 1. The highest BCUT2D eigenvalue weighted by atomic mass is 35.5. The minimum Gasteiger partial charge on any atom is -0.326 e. The summed E-state index contributed by atoms with van der Waals surface area (Å²) in [6.45, 7) is 9.32. The predicted molar refractivity (Wildman–Crippen MR) is 89.0 cm³/mol. The van der Waals surface area contributed by atoms with Gasteiger partial charge in [-0.05, 0) is 30.0 Å². The third kappa shape index (κ3) is 5.14. The average Bonchev–Trinajstić information content (AvgIpc) is 2.35. The third-order valence-electron chi connectivity index (χ3n) is 3.24. The van der Waals surface area contributed by atoms with Gasteiger partial charge in [-0.25, -0.2) is 0 Å². The molecule has 0 heterocycles. The van der Waals surface area contributed by atoms with Crippen LogP contribution >= 0.6 is 12.4 Å². The smallest absolute Gasteiger partial charge is 0.225 e. The first-order chi connectivity index (χ1) is 8.97. The highest BCUT2D eigenvalue weighted by Crippen LogP contribution is 2.32. The maximum atomic E-state index is 12.0. The molecule has 1 aromatic carbocycles. The lowest BCUT2D eigenvalue weighted by Gasteiger charge is -2.20. The quantitative estimate of drug-likeness (QED) is 0.836. The first-order valence-corrected chi connectivity index (χ1v) is 7.04. The fourth-order valence-corrected chi connectivity index (χ4v) is 2.14. The van der Waals surface area contributed by atoms with Gasteiger partial charge < -0.3 is 10.6 Å². The van der Waals surface area contributed by atoms with Crippen molar-refractivity contribution in [2.45, 2.75) is 46.0 Å². The number of anilines is 1. The SMILES string of the molecule is CNCCC(=O)Nc1c(C(C)C)cccc1C(C)C.Cl. The summed E-state index contributed by atoms with van der Waals surface area (Å²) in [6.07, 6.45) is 0.500. The molecule has 0 atom stereocenters. The molecule has 1 amide bonds. The van der Waals surface area contributed by atoms with Crippen molar-refractivity contribution in [2.24, 2.45) is 0 Å².